The molecule has 0 saturated carbocycles. The summed E-state index contributed by atoms with van der Waals surface area (Å²) in [5, 5.41) is 9.57. The van der Waals surface area contributed by atoms with Crippen molar-refractivity contribution >= 4 is 17.9 Å². The molecule has 0 heterocycles. The molecule has 0 aliphatic heterocycles. The van der Waals surface area contributed by atoms with Gasteiger partial charge in [-0.2, -0.15) is 0 Å². The van der Waals surface area contributed by atoms with Crippen LogP contribution in [0.2, 0.25) is 0 Å². The molecule has 0 aliphatic rings. The second kappa shape index (κ2) is 36.0. The molecule has 54 heavy (non-hydrogen) atoms. The molecular formula is C46H72NO7+. The molecule has 2 atom stereocenters. The van der Waals surface area contributed by atoms with Crippen LogP contribution in [0.1, 0.15) is 110 Å². The molecular weight excluding hydrogens is 679 g/mol. The van der Waals surface area contributed by atoms with E-state index in [-0.39, 0.29) is 49.1 Å². The van der Waals surface area contributed by atoms with E-state index in [0.717, 1.165) is 64.2 Å². The number of carbonyl (C=O) groups excluding carboxylic acids is 2. The highest BCUT2D eigenvalue weighted by Gasteiger charge is 2.31. The topological polar surface area (TPSA) is 99.1 Å². The molecule has 0 amide bonds. The van der Waals surface area contributed by atoms with E-state index in [4.69, 9.17) is 14.2 Å². The summed E-state index contributed by atoms with van der Waals surface area (Å²) >= 11 is 0. The van der Waals surface area contributed by atoms with Crippen molar-refractivity contribution in [1.82, 2.24) is 0 Å². The Morgan fingerprint density at radius 2 is 0.981 bits per heavy atom. The van der Waals surface area contributed by atoms with Gasteiger partial charge in [-0.1, -0.05) is 123 Å². The molecule has 0 saturated heterocycles. The number of allylic oxidation sites excluding steroid dienone is 18. The summed E-state index contributed by atoms with van der Waals surface area (Å²) in [6.07, 6.45) is 49.0. The van der Waals surface area contributed by atoms with Crippen molar-refractivity contribution in [3.63, 3.8) is 0 Å². The number of nitrogens with zero attached hydrogens (tertiary/aromatic N) is 1. The number of hydrogen-bond donors (Lipinski definition) is 1. The van der Waals surface area contributed by atoms with Crippen LogP contribution in [0, 0.1) is 0 Å². The van der Waals surface area contributed by atoms with Gasteiger partial charge in [-0.15, -0.1) is 0 Å². The zero-order valence-corrected chi connectivity index (χ0v) is 34.1. The van der Waals surface area contributed by atoms with E-state index in [1.165, 1.54) is 0 Å². The van der Waals surface area contributed by atoms with Crippen LogP contribution in [0.15, 0.2) is 109 Å². The molecule has 1 N–H and O–H groups in total. The Morgan fingerprint density at radius 1 is 0.556 bits per heavy atom. The predicted molar refractivity (Wildman–Crippen MR) is 224 cm³/mol. The third-order valence-electron chi connectivity index (χ3n) is 7.93. The van der Waals surface area contributed by atoms with Crippen molar-refractivity contribution < 1.29 is 38.2 Å². The fourth-order valence-electron chi connectivity index (χ4n) is 4.90. The maximum absolute atomic E-state index is 12.6. The Balaban J connectivity index is 4.46. The summed E-state index contributed by atoms with van der Waals surface area (Å²) in [7, 11) is 5.46. The molecule has 302 valence electrons. The van der Waals surface area contributed by atoms with Crippen LogP contribution in [0.3, 0.4) is 0 Å². The third-order valence-corrected chi connectivity index (χ3v) is 7.93. The first-order valence-electron chi connectivity index (χ1n) is 19.9. The first-order valence-corrected chi connectivity index (χ1v) is 19.9. The maximum atomic E-state index is 12.6. The SMILES string of the molecule is CC/C=C/C/C=C/C/C=C/C/C=C/C/C=C/C/C=C/C/C=C/CCCC(=O)OC(COCCC(C(=O)O)[N+](C)(C)C)COC(=O)CC/C=C/C/C=C/CC. The number of likely N-dealkylation sites (N-methyl/N-ethyl adjacent to an activating group) is 1. The lowest BCUT2D eigenvalue weighted by molar-refractivity contribution is -0.887. The normalized spacial score (nSPS) is 14.2. The molecule has 8 heteroatoms. The van der Waals surface area contributed by atoms with Gasteiger partial charge in [0.1, 0.15) is 6.61 Å². The summed E-state index contributed by atoms with van der Waals surface area (Å²) in [5.74, 6) is -1.66. The van der Waals surface area contributed by atoms with Gasteiger partial charge in [0.25, 0.3) is 0 Å². The highest BCUT2D eigenvalue weighted by molar-refractivity contribution is 5.72. The van der Waals surface area contributed by atoms with E-state index in [1.54, 1.807) is 0 Å². The van der Waals surface area contributed by atoms with Gasteiger partial charge in [-0.05, 0) is 77.0 Å². The Hall–Kier alpha value is -4.01. The van der Waals surface area contributed by atoms with Crippen molar-refractivity contribution in [3.8, 4) is 0 Å². The lowest BCUT2D eigenvalue weighted by atomic mass is 10.1. The van der Waals surface area contributed by atoms with Gasteiger partial charge in [-0.25, -0.2) is 4.79 Å². The van der Waals surface area contributed by atoms with Crippen molar-refractivity contribution in [2.24, 2.45) is 0 Å². The minimum atomic E-state index is -0.898. The largest absolute Gasteiger partial charge is 0.477 e. The van der Waals surface area contributed by atoms with E-state index in [1.807, 2.05) is 33.3 Å². The maximum Gasteiger partial charge on any atom is 0.362 e. The van der Waals surface area contributed by atoms with Crippen LogP contribution in [0.5, 0.6) is 0 Å². The summed E-state index contributed by atoms with van der Waals surface area (Å²) < 4.78 is 17.0. The first kappa shape index (κ1) is 50.0. The number of quaternary nitrogens is 1. The second-order valence-corrected chi connectivity index (χ2v) is 13.8. The number of carboxylic acid groups (broad SMARTS) is 1. The highest BCUT2D eigenvalue weighted by Crippen LogP contribution is 2.10. The number of esters is 2. The minimum Gasteiger partial charge on any atom is -0.477 e. The number of rotatable bonds is 33. The lowest BCUT2D eigenvalue weighted by Gasteiger charge is -2.31. The van der Waals surface area contributed by atoms with Gasteiger partial charge in [-0.3, -0.25) is 9.59 Å². The Bertz CT molecular complexity index is 1240. The first-order chi connectivity index (χ1) is 26.1. The number of hydrogen-bond acceptors (Lipinski definition) is 6. The zero-order valence-electron chi connectivity index (χ0n) is 34.1. The van der Waals surface area contributed by atoms with E-state index >= 15 is 0 Å². The van der Waals surface area contributed by atoms with E-state index < -0.39 is 18.1 Å². The number of carboxylic acids is 1. The van der Waals surface area contributed by atoms with Gasteiger partial charge in [0.05, 0.1) is 34.4 Å². The summed E-state index contributed by atoms with van der Waals surface area (Å²) in [6.45, 7) is 4.30. The lowest BCUT2D eigenvalue weighted by Crippen LogP contribution is -2.50. The highest BCUT2D eigenvalue weighted by atomic mass is 16.6. The molecule has 0 spiro atoms. The molecule has 0 aromatic carbocycles. The van der Waals surface area contributed by atoms with Crippen molar-refractivity contribution in [2.75, 3.05) is 41.0 Å². The molecule has 0 aromatic rings. The van der Waals surface area contributed by atoms with Crippen LogP contribution in [-0.4, -0.2) is 80.6 Å². The Labute approximate surface area is 328 Å². The summed E-state index contributed by atoms with van der Waals surface area (Å²) in [5.41, 5.74) is 0. The van der Waals surface area contributed by atoms with E-state index in [9.17, 15) is 19.5 Å². The second-order valence-electron chi connectivity index (χ2n) is 13.8. The number of unbranched alkanes of at least 4 members (excludes halogenated alkanes) is 1. The van der Waals surface area contributed by atoms with Crippen molar-refractivity contribution in [3.05, 3.63) is 109 Å². The van der Waals surface area contributed by atoms with Gasteiger partial charge in [0.15, 0.2) is 12.1 Å². The van der Waals surface area contributed by atoms with Crippen LogP contribution in [-0.2, 0) is 28.6 Å². The molecule has 0 fully saturated rings. The van der Waals surface area contributed by atoms with Crippen molar-refractivity contribution in [2.45, 2.75) is 122 Å². The molecule has 0 bridgehead atoms. The summed E-state index contributed by atoms with van der Waals surface area (Å²) in [6, 6.07) is -0.637. The smallest absolute Gasteiger partial charge is 0.362 e. The average molecular weight is 751 g/mol. The third kappa shape index (κ3) is 33.8. The number of aliphatic carboxylic acids is 1. The predicted octanol–water partition coefficient (Wildman–Crippen LogP) is 10.5. The van der Waals surface area contributed by atoms with Crippen LogP contribution >= 0.6 is 0 Å². The minimum absolute atomic E-state index is 0.0119. The summed E-state index contributed by atoms with van der Waals surface area (Å²) in [4.78, 5) is 36.6. The van der Waals surface area contributed by atoms with Crippen LogP contribution in [0.4, 0.5) is 0 Å². The zero-order chi connectivity index (χ0) is 40.0. The fraction of sp³-hybridized carbons (Fsp3) is 0.543. The molecule has 0 aliphatic carbocycles. The van der Waals surface area contributed by atoms with Gasteiger partial charge >= 0.3 is 17.9 Å². The number of ether oxygens (including phenoxy) is 3. The standard InChI is InChI=1S/C46H71NO7/c1-6-8-10-12-14-15-16-17-18-19-20-21-22-23-24-25-26-27-28-29-31-33-35-37-45(49)54-42(40-52-39-38-43(46(50)51)47(3,4)5)41-53-44(48)36-34-32-30-13-11-9-7-2/h8-11,14-15,17-18,20-21,23-24,26-27,29-32,42-43H,6-7,12-13,16,19,22,25,28,33-41H2,1-5H3/p+1/b10-8+,11-9+,15-14+,18-17+,21-20+,24-23+,27-26+,31-29+,32-30+. The van der Waals surface area contributed by atoms with E-state index in [2.05, 4.69) is 111 Å². The molecule has 8 nitrogen and oxygen atoms in total. The Morgan fingerprint density at radius 3 is 1.41 bits per heavy atom. The average Bonchev–Trinajstić information content (AvgIpc) is 3.12. The molecule has 0 aromatic heterocycles. The number of carbonyl (C=O) groups is 3. The van der Waals surface area contributed by atoms with Gasteiger partial charge < -0.3 is 23.8 Å². The van der Waals surface area contributed by atoms with E-state index in [0.29, 0.717) is 19.3 Å². The fourth-order valence-corrected chi connectivity index (χ4v) is 4.90. The quantitative estimate of drug-likeness (QED) is 0.0309. The molecule has 0 radical (unpaired) electrons. The van der Waals surface area contributed by atoms with Gasteiger partial charge in [0, 0.05) is 19.3 Å². The Kier molecular flexibility index (Phi) is 33.3. The van der Waals surface area contributed by atoms with Gasteiger partial charge in [0.2, 0.25) is 0 Å². The van der Waals surface area contributed by atoms with Crippen LogP contribution in [0.25, 0.3) is 0 Å². The monoisotopic (exact) mass is 751 g/mol. The molecule has 0 rings (SSSR count). The molecule has 2 unspecified atom stereocenters. The van der Waals surface area contributed by atoms with Crippen LogP contribution < -0.4 is 0 Å². The van der Waals surface area contributed by atoms with Crippen molar-refractivity contribution in [1.29, 1.82) is 0 Å².